The van der Waals surface area contributed by atoms with Gasteiger partial charge in [0.05, 0.1) is 0 Å². The van der Waals surface area contributed by atoms with Crippen molar-refractivity contribution in [3.63, 3.8) is 0 Å². The van der Waals surface area contributed by atoms with E-state index in [9.17, 15) is 5.11 Å². The molecule has 0 fully saturated rings. The van der Waals surface area contributed by atoms with Crippen molar-refractivity contribution in [2.24, 2.45) is 0 Å². The maximum absolute atomic E-state index is 9.51. The second kappa shape index (κ2) is 6.37. The van der Waals surface area contributed by atoms with E-state index in [0.29, 0.717) is 0 Å². The van der Waals surface area contributed by atoms with Crippen molar-refractivity contribution in [2.45, 2.75) is 32.6 Å². The van der Waals surface area contributed by atoms with Crippen molar-refractivity contribution in [3.05, 3.63) is 70.9 Å². The summed E-state index contributed by atoms with van der Waals surface area (Å²) in [5.41, 5.74) is 6.38. The van der Waals surface area contributed by atoms with Gasteiger partial charge < -0.3 is 10.1 Å². The van der Waals surface area contributed by atoms with Crippen LogP contribution < -0.4 is 0 Å². The number of aromatic nitrogens is 1. The fourth-order valence-corrected chi connectivity index (χ4v) is 3.25. The van der Waals surface area contributed by atoms with Crippen LogP contribution in [0.2, 0.25) is 0 Å². The van der Waals surface area contributed by atoms with Gasteiger partial charge in [0.15, 0.2) is 0 Å². The van der Waals surface area contributed by atoms with Crippen LogP contribution in [0.25, 0.3) is 10.9 Å². The average molecular weight is 293 g/mol. The molecule has 0 radical (unpaired) electrons. The number of H-pyrrole nitrogens is 1. The summed E-state index contributed by atoms with van der Waals surface area (Å²) < 4.78 is 0. The van der Waals surface area contributed by atoms with E-state index in [1.54, 1.807) is 0 Å². The molecule has 3 aromatic rings. The Morgan fingerprint density at radius 3 is 2.55 bits per heavy atom. The van der Waals surface area contributed by atoms with E-state index in [1.165, 1.54) is 33.2 Å². The molecule has 2 aromatic carbocycles. The highest BCUT2D eigenvalue weighted by Crippen LogP contribution is 2.34. The lowest BCUT2D eigenvalue weighted by molar-refractivity contribution is 0.282. The molecule has 1 unspecified atom stereocenters. The fraction of sp³-hybridized carbons (Fsp3) is 0.300. The monoisotopic (exact) mass is 293 g/mol. The molecule has 22 heavy (non-hydrogen) atoms. The number of nitrogens with one attached hydrogen (secondary N) is 1. The summed E-state index contributed by atoms with van der Waals surface area (Å²) in [4.78, 5) is 3.45. The molecule has 114 valence electrons. The molecule has 0 aliphatic carbocycles. The molecule has 0 aliphatic rings. The summed E-state index contributed by atoms with van der Waals surface area (Å²) in [5, 5.41) is 10.8. The zero-order valence-electron chi connectivity index (χ0n) is 13.3. The minimum Gasteiger partial charge on any atom is -0.396 e. The van der Waals surface area contributed by atoms with E-state index in [-0.39, 0.29) is 12.5 Å². The van der Waals surface area contributed by atoms with Gasteiger partial charge in [-0.25, -0.2) is 0 Å². The third kappa shape index (κ3) is 2.67. The SMILES string of the molecule is CCc1cccc2c(C(CCO)c3ccc(C)cc3)c[nH]c12. The standard InChI is InChI=1S/C20H23NO/c1-3-15-5-4-6-18-19(13-21-20(15)18)17(11-12-22)16-9-7-14(2)8-10-16/h4-10,13,17,21-22H,3,11-12H2,1-2H3. The summed E-state index contributed by atoms with van der Waals surface area (Å²) in [5.74, 6) is 0.228. The van der Waals surface area contributed by atoms with Crippen molar-refractivity contribution >= 4 is 10.9 Å². The minimum atomic E-state index is 0.193. The van der Waals surface area contributed by atoms with Crippen LogP contribution in [-0.2, 0) is 6.42 Å². The molecule has 2 N–H and O–H groups in total. The van der Waals surface area contributed by atoms with Gasteiger partial charge in [-0.1, -0.05) is 55.0 Å². The summed E-state index contributed by atoms with van der Waals surface area (Å²) in [6.07, 6.45) is 3.88. The first-order valence-corrected chi connectivity index (χ1v) is 8.01. The summed E-state index contributed by atoms with van der Waals surface area (Å²) in [6, 6.07) is 15.1. The highest BCUT2D eigenvalue weighted by Gasteiger charge is 2.18. The Morgan fingerprint density at radius 1 is 1.09 bits per heavy atom. The molecule has 0 bridgehead atoms. The van der Waals surface area contributed by atoms with Gasteiger partial charge in [0.2, 0.25) is 0 Å². The number of para-hydroxylation sites is 1. The molecule has 0 aliphatic heterocycles. The Kier molecular flexibility index (Phi) is 4.30. The molecule has 2 heteroatoms. The van der Waals surface area contributed by atoms with Gasteiger partial charge >= 0.3 is 0 Å². The van der Waals surface area contributed by atoms with E-state index in [1.807, 2.05) is 0 Å². The third-order valence-corrected chi connectivity index (χ3v) is 4.49. The second-order valence-corrected chi connectivity index (χ2v) is 5.91. The Bertz CT molecular complexity index is 755. The van der Waals surface area contributed by atoms with Gasteiger partial charge in [-0.15, -0.1) is 0 Å². The molecule has 1 atom stereocenters. The minimum absolute atomic E-state index is 0.193. The number of fused-ring (bicyclic) bond motifs is 1. The summed E-state index contributed by atoms with van der Waals surface area (Å²) in [6.45, 7) is 4.48. The van der Waals surface area contributed by atoms with E-state index in [0.717, 1.165) is 12.8 Å². The molecule has 0 spiro atoms. The van der Waals surface area contributed by atoms with Crippen molar-refractivity contribution in [2.75, 3.05) is 6.61 Å². The van der Waals surface area contributed by atoms with Crippen molar-refractivity contribution in [3.8, 4) is 0 Å². The number of rotatable bonds is 5. The smallest absolute Gasteiger partial charge is 0.0489 e. The van der Waals surface area contributed by atoms with Gasteiger partial charge in [0, 0.05) is 29.6 Å². The summed E-state index contributed by atoms with van der Waals surface area (Å²) in [7, 11) is 0. The first-order chi connectivity index (χ1) is 10.7. The van der Waals surface area contributed by atoms with Crippen LogP contribution in [-0.4, -0.2) is 16.7 Å². The van der Waals surface area contributed by atoms with Crippen LogP contribution in [0.1, 0.15) is 41.5 Å². The van der Waals surface area contributed by atoms with Gasteiger partial charge in [-0.2, -0.15) is 0 Å². The highest BCUT2D eigenvalue weighted by atomic mass is 16.3. The van der Waals surface area contributed by atoms with Crippen LogP contribution in [0.4, 0.5) is 0 Å². The molecule has 1 heterocycles. The Morgan fingerprint density at radius 2 is 1.86 bits per heavy atom. The maximum Gasteiger partial charge on any atom is 0.0489 e. The number of benzene rings is 2. The van der Waals surface area contributed by atoms with Crippen molar-refractivity contribution in [1.29, 1.82) is 0 Å². The molecule has 0 saturated heterocycles. The average Bonchev–Trinajstić information content (AvgIpc) is 2.97. The van der Waals surface area contributed by atoms with Crippen LogP contribution in [0.5, 0.6) is 0 Å². The van der Waals surface area contributed by atoms with Crippen LogP contribution in [0.3, 0.4) is 0 Å². The number of aromatic amines is 1. The fourth-order valence-electron chi connectivity index (χ4n) is 3.25. The lowest BCUT2D eigenvalue weighted by Gasteiger charge is -2.16. The summed E-state index contributed by atoms with van der Waals surface area (Å²) >= 11 is 0. The molecule has 2 nitrogen and oxygen atoms in total. The number of hydrogen-bond acceptors (Lipinski definition) is 1. The maximum atomic E-state index is 9.51. The van der Waals surface area contributed by atoms with Gasteiger partial charge in [-0.3, -0.25) is 0 Å². The lowest BCUT2D eigenvalue weighted by atomic mass is 9.88. The van der Waals surface area contributed by atoms with E-state index >= 15 is 0 Å². The lowest BCUT2D eigenvalue weighted by Crippen LogP contribution is -2.03. The number of aliphatic hydroxyl groups is 1. The van der Waals surface area contributed by atoms with Crippen LogP contribution in [0, 0.1) is 6.92 Å². The molecule has 0 saturated carbocycles. The normalized spacial score (nSPS) is 12.7. The Labute approximate surface area is 131 Å². The predicted octanol–water partition coefficient (Wildman–Crippen LogP) is 4.55. The van der Waals surface area contributed by atoms with E-state index < -0.39 is 0 Å². The third-order valence-electron chi connectivity index (χ3n) is 4.49. The van der Waals surface area contributed by atoms with E-state index in [2.05, 4.69) is 67.5 Å². The van der Waals surface area contributed by atoms with Crippen molar-refractivity contribution < 1.29 is 5.11 Å². The Hall–Kier alpha value is -2.06. The molecule has 1 aromatic heterocycles. The molecular weight excluding hydrogens is 270 g/mol. The van der Waals surface area contributed by atoms with Crippen molar-refractivity contribution in [1.82, 2.24) is 4.98 Å². The van der Waals surface area contributed by atoms with Crippen LogP contribution in [0.15, 0.2) is 48.7 Å². The molecule has 3 rings (SSSR count). The van der Waals surface area contributed by atoms with Gasteiger partial charge in [0.25, 0.3) is 0 Å². The highest BCUT2D eigenvalue weighted by molar-refractivity contribution is 5.87. The zero-order chi connectivity index (χ0) is 15.5. The predicted molar refractivity (Wildman–Crippen MR) is 92.4 cm³/mol. The zero-order valence-corrected chi connectivity index (χ0v) is 13.3. The molecule has 0 amide bonds. The quantitative estimate of drug-likeness (QED) is 0.711. The number of aryl methyl sites for hydroxylation is 2. The number of hydrogen-bond donors (Lipinski definition) is 2. The van der Waals surface area contributed by atoms with E-state index in [4.69, 9.17) is 0 Å². The van der Waals surface area contributed by atoms with Gasteiger partial charge in [0.1, 0.15) is 0 Å². The topological polar surface area (TPSA) is 36.0 Å². The van der Waals surface area contributed by atoms with Crippen LogP contribution >= 0.6 is 0 Å². The Balaban J connectivity index is 2.11. The first-order valence-electron chi connectivity index (χ1n) is 8.01. The molecular formula is C20H23NO. The second-order valence-electron chi connectivity index (χ2n) is 5.91. The van der Waals surface area contributed by atoms with Gasteiger partial charge in [-0.05, 0) is 36.5 Å². The number of aliphatic hydroxyl groups excluding tert-OH is 1. The largest absolute Gasteiger partial charge is 0.396 e. The first kappa shape index (κ1) is 14.9.